The summed E-state index contributed by atoms with van der Waals surface area (Å²) in [4.78, 5) is 11.0. The van der Waals surface area contributed by atoms with Gasteiger partial charge in [-0.05, 0) is 22.9 Å². The molecule has 0 aliphatic carbocycles. The van der Waals surface area contributed by atoms with Gasteiger partial charge in [0, 0.05) is 6.92 Å². The number of carbonyl (C=O) groups is 1. The van der Waals surface area contributed by atoms with Gasteiger partial charge in [-0.25, -0.2) is 4.68 Å². The van der Waals surface area contributed by atoms with Crippen molar-refractivity contribution in [3.8, 4) is 0 Å². The van der Waals surface area contributed by atoms with Crippen LogP contribution in [0.5, 0.6) is 0 Å². The van der Waals surface area contributed by atoms with Crippen LogP contribution in [0.25, 0.3) is 0 Å². The molecule has 0 radical (unpaired) electrons. The normalized spacial score (nSPS) is 13.7. The van der Waals surface area contributed by atoms with Gasteiger partial charge in [-0.2, -0.15) is 35.8 Å². The van der Waals surface area contributed by atoms with Crippen LogP contribution in [0, 0.1) is 6.92 Å². The Kier molecular flexibility index (Phi) is 3.98. The summed E-state index contributed by atoms with van der Waals surface area (Å²) in [5.74, 6) is -12.9. The molecule has 0 unspecified atom stereocenters. The maximum atomic E-state index is 13.5. The minimum absolute atomic E-state index is 0.305. The first-order chi connectivity index (χ1) is 8.75. The van der Waals surface area contributed by atoms with Gasteiger partial charge in [0.05, 0.1) is 10.2 Å². The SMILES string of the molecule is CC(=O)n1nc(C(F)(F)C(F)(F)C(F)(F)F)c(Br)c1C. The van der Waals surface area contributed by atoms with Crippen LogP contribution in [0.1, 0.15) is 23.1 Å². The number of halogens is 8. The van der Waals surface area contributed by atoms with Crippen molar-refractivity contribution in [1.82, 2.24) is 9.78 Å². The third kappa shape index (κ3) is 2.31. The van der Waals surface area contributed by atoms with Crippen molar-refractivity contribution in [2.24, 2.45) is 0 Å². The molecule has 114 valence electrons. The molecule has 0 spiro atoms. The largest absolute Gasteiger partial charge is 0.460 e. The summed E-state index contributed by atoms with van der Waals surface area (Å²) >= 11 is 2.45. The summed E-state index contributed by atoms with van der Waals surface area (Å²) in [5, 5.41) is 2.85. The van der Waals surface area contributed by atoms with Crippen LogP contribution in [-0.4, -0.2) is 27.8 Å². The van der Waals surface area contributed by atoms with Crippen molar-refractivity contribution in [2.45, 2.75) is 31.9 Å². The maximum Gasteiger partial charge on any atom is 0.460 e. The molecule has 11 heteroatoms. The Labute approximate surface area is 115 Å². The average Bonchev–Trinajstić information content (AvgIpc) is 2.54. The summed E-state index contributed by atoms with van der Waals surface area (Å²) in [5.41, 5.74) is -2.17. The van der Waals surface area contributed by atoms with E-state index in [1.165, 1.54) is 0 Å². The van der Waals surface area contributed by atoms with Gasteiger partial charge in [-0.15, -0.1) is 0 Å². The van der Waals surface area contributed by atoms with Crippen LogP contribution in [-0.2, 0) is 5.92 Å². The number of aromatic nitrogens is 2. The topological polar surface area (TPSA) is 34.9 Å². The number of hydrogen-bond donors (Lipinski definition) is 0. The van der Waals surface area contributed by atoms with Crippen LogP contribution in [0.4, 0.5) is 30.7 Å². The molecule has 0 N–H and O–H groups in total. The lowest BCUT2D eigenvalue weighted by molar-refractivity contribution is -0.360. The lowest BCUT2D eigenvalue weighted by Crippen LogP contribution is -2.50. The Morgan fingerprint density at radius 2 is 1.60 bits per heavy atom. The molecular formula is C9H6BrF7N2O. The van der Waals surface area contributed by atoms with Crippen molar-refractivity contribution in [1.29, 1.82) is 0 Å². The lowest BCUT2D eigenvalue weighted by atomic mass is 10.1. The molecule has 0 saturated heterocycles. The van der Waals surface area contributed by atoms with Crippen molar-refractivity contribution in [3.05, 3.63) is 15.9 Å². The van der Waals surface area contributed by atoms with Gasteiger partial charge >= 0.3 is 18.0 Å². The van der Waals surface area contributed by atoms with Crippen molar-refractivity contribution in [3.63, 3.8) is 0 Å². The van der Waals surface area contributed by atoms with E-state index < -0.39 is 34.1 Å². The fraction of sp³-hybridized carbons (Fsp3) is 0.556. The van der Waals surface area contributed by atoms with E-state index in [2.05, 4.69) is 21.0 Å². The fourth-order valence-electron chi connectivity index (χ4n) is 1.32. The van der Waals surface area contributed by atoms with E-state index in [1.54, 1.807) is 0 Å². The number of hydrogen-bond acceptors (Lipinski definition) is 2. The van der Waals surface area contributed by atoms with E-state index in [9.17, 15) is 35.5 Å². The summed E-state index contributed by atoms with van der Waals surface area (Å²) < 4.78 is 88.4. The predicted molar refractivity (Wildman–Crippen MR) is 55.9 cm³/mol. The first-order valence-electron chi connectivity index (χ1n) is 4.84. The van der Waals surface area contributed by atoms with Crippen molar-refractivity contribution >= 4 is 21.8 Å². The Morgan fingerprint density at radius 3 is 1.90 bits per heavy atom. The first kappa shape index (κ1) is 16.9. The molecule has 20 heavy (non-hydrogen) atoms. The van der Waals surface area contributed by atoms with E-state index in [0.29, 0.717) is 4.68 Å². The summed E-state index contributed by atoms with van der Waals surface area (Å²) in [7, 11) is 0. The molecule has 1 heterocycles. The molecule has 3 nitrogen and oxygen atoms in total. The van der Waals surface area contributed by atoms with Gasteiger partial charge in [-0.1, -0.05) is 0 Å². The summed E-state index contributed by atoms with van der Waals surface area (Å²) in [6, 6.07) is 0. The zero-order valence-corrected chi connectivity index (χ0v) is 11.4. The molecule has 0 aliphatic rings. The quantitative estimate of drug-likeness (QED) is 0.740. The molecule has 0 amide bonds. The highest BCUT2D eigenvalue weighted by molar-refractivity contribution is 9.10. The van der Waals surface area contributed by atoms with Crippen LogP contribution in [0.15, 0.2) is 4.47 Å². The monoisotopic (exact) mass is 370 g/mol. The molecular weight excluding hydrogens is 365 g/mol. The molecule has 0 aliphatic heterocycles. The van der Waals surface area contributed by atoms with E-state index in [0.717, 1.165) is 13.8 Å². The van der Waals surface area contributed by atoms with Crippen LogP contribution < -0.4 is 0 Å². The third-order valence-corrected chi connectivity index (χ3v) is 3.34. The number of nitrogens with zero attached hydrogens (tertiary/aromatic N) is 2. The molecule has 0 bridgehead atoms. The number of carbonyl (C=O) groups excluding carboxylic acids is 1. The molecule has 0 saturated carbocycles. The number of alkyl halides is 7. The van der Waals surface area contributed by atoms with Gasteiger partial charge in [0.25, 0.3) is 0 Å². The van der Waals surface area contributed by atoms with E-state index in [4.69, 9.17) is 0 Å². The standard InChI is InChI=1S/C9H6BrF7N2O/c1-3-5(10)6(18-19(3)4(2)20)7(11,12)8(13,14)9(15,16)17/h1-2H3. The molecule has 0 aromatic carbocycles. The van der Waals surface area contributed by atoms with E-state index in [1.807, 2.05) is 0 Å². The van der Waals surface area contributed by atoms with Crippen molar-refractivity contribution < 1.29 is 35.5 Å². The second-order valence-corrected chi connectivity index (χ2v) is 4.62. The van der Waals surface area contributed by atoms with E-state index in [-0.39, 0.29) is 5.69 Å². The fourth-order valence-corrected chi connectivity index (χ4v) is 1.81. The Morgan fingerprint density at radius 1 is 1.15 bits per heavy atom. The second kappa shape index (κ2) is 4.71. The van der Waals surface area contributed by atoms with Crippen LogP contribution in [0.2, 0.25) is 0 Å². The van der Waals surface area contributed by atoms with Crippen LogP contribution in [0.3, 0.4) is 0 Å². The highest BCUT2D eigenvalue weighted by Gasteiger charge is 2.75. The Hall–Kier alpha value is -1.13. The first-order valence-corrected chi connectivity index (χ1v) is 5.63. The summed E-state index contributed by atoms with van der Waals surface area (Å²) in [6.07, 6.45) is -6.47. The predicted octanol–water partition coefficient (Wildman–Crippen LogP) is 3.90. The maximum absolute atomic E-state index is 13.5. The van der Waals surface area contributed by atoms with Gasteiger partial charge in [0.2, 0.25) is 5.91 Å². The highest BCUT2D eigenvalue weighted by Crippen LogP contribution is 2.52. The minimum Gasteiger partial charge on any atom is -0.273 e. The molecule has 0 atom stereocenters. The second-order valence-electron chi connectivity index (χ2n) is 3.83. The molecule has 1 aromatic heterocycles. The lowest BCUT2D eigenvalue weighted by Gasteiger charge is -2.27. The van der Waals surface area contributed by atoms with Crippen molar-refractivity contribution in [2.75, 3.05) is 0 Å². The zero-order valence-electron chi connectivity index (χ0n) is 9.83. The summed E-state index contributed by atoms with van der Waals surface area (Å²) in [6.45, 7) is 1.94. The zero-order chi connectivity index (χ0) is 16.1. The van der Waals surface area contributed by atoms with Crippen LogP contribution >= 0.6 is 15.9 Å². The minimum atomic E-state index is -6.47. The molecule has 1 aromatic rings. The van der Waals surface area contributed by atoms with E-state index >= 15 is 0 Å². The third-order valence-electron chi connectivity index (χ3n) is 2.39. The number of rotatable bonds is 2. The molecule has 1 rings (SSSR count). The average molecular weight is 371 g/mol. The molecule has 0 fully saturated rings. The smallest absolute Gasteiger partial charge is 0.273 e. The Bertz CT molecular complexity index is 549. The van der Waals surface area contributed by atoms with Gasteiger partial charge in [-0.3, -0.25) is 4.79 Å². The van der Waals surface area contributed by atoms with Gasteiger partial charge in [0.1, 0.15) is 0 Å². The Balaban J connectivity index is 3.52. The highest BCUT2D eigenvalue weighted by atomic mass is 79.9. The van der Waals surface area contributed by atoms with Gasteiger partial charge < -0.3 is 0 Å². The van der Waals surface area contributed by atoms with Gasteiger partial charge in [0.15, 0.2) is 5.69 Å².